The average molecular weight is 1550 g/mol. The van der Waals surface area contributed by atoms with Gasteiger partial charge in [-0.05, 0) is 141 Å². The lowest BCUT2D eigenvalue weighted by molar-refractivity contribution is -0.161. The quantitative estimate of drug-likeness (QED) is 0.0169. The number of allylic oxidation sites excluding steroid dienone is 32. The lowest BCUT2D eigenvalue weighted by Gasteiger charge is -2.21. The van der Waals surface area contributed by atoms with Crippen LogP contribution in [0.15, 0.2) is 194 Å². The number of hydrogen-bond donors (Lipinski definition) is 3. The summed E-state index contributed by atoms with van der Waals surface area (Å²) in [5.41, 5.74) is 0. The van der Waals surface area contributed by atoms with Crippen LogP contribution in [-0.2, 0) is 65.4 Å². The van der Waals surface area contributed by atoms with Gasteiger partial charge >= 0.3 is 39.5 Å². The molecule has 2 unspecified atom stereocenters. The fourth-order valence-electron chi connectivity index (χ4n) is 9.97. The van der Waals surface area contributed by atoms with Crippen molar-refractivity contribution in [1.82, 2.24) is 0 Å². The first-order chi connectivity index (χ1) is 52.7. The van der Waals surface area contributed by atoms with Crippen molar-refractivity contribution in [3.05, 3.63) is 194 Å². The van der Waals surface area contributed by atoms with Gasteiger partial charge in [0.25, 0.3) is 0 Å². The van der Waals surface area contributed by atoms with E-state index < -0.39 is 97.5 Å². The van der Waals surface area contributed by atoms with Crippen molar-refractivity contribution in [2.24, 2.45) is 0 Å². The Bertz CT molecular complexity index is 2810. The van der Waals surface area contributed by atoms with Gasteiger partial charge in [0, 0.05) is 25.7 Å². The molecule has 0 aromatic heterocycles. The van der Waals surface area contributed by atoms with Crippen molar-refractivity contribution in [2.45, 2.75) is 303 Å². The summed E-state index contributed by atoms with van der Waals surface area (Å²) in [5.74, 6) is -2.45. The summed E-state index contributed by atoms with van der Waals surface area (Å²) in [5, 5.41) is 10.6. The van der Waals surface area contributed by atoms with Gasteiger partial charge in [-0.2, -0.15) is 0 Å². The van der Waals surface area contributed by atoms with E-state index in [2.05, 4.69) is 174 Å². The second kappa shape index (κ2) is 79.0. The Labute approximate surface area is 653 Å². The number of rotatable bonds is 74. The van der Waals surface area contributed by atoms with Crippen LogP contribution < -0.4 is 0 Å². The maximum Gasteiger partial charge on any atom is 0.472 e. The number of phosphoric ester groups is 2. The smallest absolute Gasteiger partial charge is 0.462 e. The molecule has 0 amide bonds. The molecule has 0 fully saturated rings. The van der Waals surface area contributed by atoms with Gasteiger partial charge in [0.2, 0.25) is 0 Å². The molecule has 0 rings (SSSR count). The zero-order valence-corrected chi connectivity index (χ0v) is 68.5. The Morgan fingerprint density at radius 2 is 0.509 bits per heavy atom. The molecule has 0 aromatic carbocycles. The molecule has 0 bridgehead atoms. The van der Waals surface area contributed by atoms with Gasteiger partial charge in [0.15, 0.2) is 12.2 Å². The van der Waals surface area contributed by atoms with Crippen molar-refractivity contribution >= 4 is 39.5 Å². The molecule has 5 atom stereocenters. The van der Waals surface area contributed by atoms with Crippen LogP contribution in [0.4, 0.5) is 0 Å². The zero-order chi connectivity index (χ0) is 78.9. The van der Waals surface area contributed by atoms with Crippen LogP contribution in [0.3, 0.4) is 0 Å². The molecule has 108 heavy (non-hydrogen) atoms. The van der Waals surface area contributed by atoms with Crippen LogP contribution in [0.1, 0.15) is 285 Å². The van der Waals surface area contributed by atoms with Crippen molar-refractivity contribution in [3.8, 4) is 0 Å². The fraction of sp³-hybridized carbons (Fsp3) is 0.596. The average Bonchev–Trinajstić information content (AvgIpc) is 0.913. The predicted octanol–water partition coefficient (Wildman–Crippen LogP) is 24.1. The Morgan fingerprint density at radius 1 is 0.269 bits per heavy atom. The lowest BCUT2D eigenvalue weighted by atomic mass is 10.0. The third-order valence-corrected chi connectivity index (χ3v) is 18.0. The van der Waals surface area contributed by atoms with E-state index in [1.54, 1.807) is 0 Å². The number of aliphatic hydroxyl groups is 1. The van der Waals surface area contributed by atoms with Crippen LogP contribution in [0.2, 0.25) is 0 Å². The first-order valence-electron chi connectivity index (χ1n) is 40.7. The van der Waals surface area contributed by atoms with E-state index in [1.807, 2.05) is 48.6 Å². The molecule has 3 N–H and O–H groups in total. The highest BCUT2D eigenvalue weighted by Gasteiger charge is 2.30. The number of aliphatic hydroxyl groups excluding tert-OH is 1. The monoisotopic (exact) mass is 1540 g/mol. The summed E-state index contributed by atoms with van der Waals surface area (Å²) in [6.07, 6.45) is 97.3. The Morgan fingerprint density at radius 3 is 0.843 bits per heavy atom. The van der Waals surface area contributed by atoms with E-state index in [4.69, 9.17) is 37.0 Å². The molecule has 0 aliphatic heterocycles. The number of hydrogen-bond acceptors (Lipinski definition) is 15. The van der Waals surface area contributed by atoms with Gasteiger partial charge in [-0.1, -0.05) is 312 Å². The number of unbranched alkanes of at least 4 members (excludes halogenated alkanes) is 16. The van der Waals surface area contributed by atoms with E-state index in [9.17, 15) is 43.2 Å². The highest BCUT2D eigenvalue weighted by Crippen LogP contribution is 2.45. The SMILES string of the molecule is CC/C=C\C/C=C\C/C=C\C/C=C\C/C=C\C/C=C\CCC(=O)OC[C@H](COP(=O)(O)OC[C@@H](O)COP(=O)(O)OC[C@@H](COC(=O)CCC/C=C\C/C=C\C/C=C\C/C=C\CCCCC)OC(=O)CC/C=C\C/C=C\C/C=C\C/C=C\C/C=C\C/C=C\CC)OC(=O)CCCCCCCCCCCCCCC. The Kier molecular flexibility index (Phi) is 74.5. The summed E-state index contributed by atoms with van der Waals surface area (Å²) < 4.78 is 68.4. The number of phosphoric acid groups is 2. The molecule has 0 spiro atoms. The molecule has 17 nitrogen and oxygen atoms in total. The normalized spacial score (nSPS) is 14.8. The van der Waals surface area contributed by atoms with E-state index in [0.717, 1.165) is 116 Å². The van der Waals surface area contributed by atoms with Crippen molar-refractivity contribution in [3.63, 3.8) is 0 Å². The molecule has 0 aliphatic carbocycles. The van der Waals surface area contributed by atoms with Crippen molar-refractivity contribution in [1.29, 1.82) is 0 Å². The summed E-state index contributed by atoms with van der Waals surface area (Å²) in [6.45, 7) is 4.36. The molecular weight excluding hydrogens is 1400 g/mol. The summed E-state index contributed by atoms with van der Waals surface area (Å²) >= 11 is 0. The van der Waals surface area contributed by atoms with Crippen LogP contribution in [0.25, 0.3) is 0 Å². The predicted molar refractivity (Wildman–Crippen MR) is 445 cm³/mol. The molecule has 0 saturated heterocycles. The van der Waals surface area contributed by atoms with Gasteiger partial charge < -0.3 is 33.8 Å². The summed E-state index contributed by atoms with van der Waals surface area (Å²) in [6, 6.07) is 0. The van der Waals surface area contributed by atoms with Gasteiger partial charge in [-0.3, -0.25) is 37.3 Å². The fourth-order valence-corrected chi connectivity index (χ4v) is 11.5. The van der Waals surface area contributed by atoms with Crippen molar-refractivity contribution < 1.29 is 80.2 Å². The largest absolute Gasteiger partial charge is 0.472 e. The molecule has 610 valence electrons. The molecule has 0 saturated carbocycles. The second-order valence-electron chi connectivity index (χ2n) is 26.2. The zero-order valence-electron chi connectivity index (χ0n) is 66.7. The molecular formula is C89H142O17P2. The molecule has 19 heteroatoms. The second-order valence-corrected chi connectivity index (χ2v) is 29.2. The number of esters is 4. The highest BCUT2D eigenvalue weighted by atomic mass is 31.2. The minimum atomic E-state index is -5.03. The minimum Gasteiger partial charge on any atom is -0.462 e. The third kappa shape index (κ3) is 78.0. The first-order valence-corrected chi connectivity index (χ1v) is 43.7. The maximum absolute atomic E-state index is 13.1. The van der Waals surface area contributed by atoms with Crippen LogP contribution in [-0.4, -0.2) is 96.7 Å². The highest BCUT2D eigenvalue weighted by molar-refractivity contribution is 7.47. The van der Waals surface area contributed by atoms with E-state index >= 15 is 0 Å². The Hall–Kier alpha value is -6.10. The summed E-state index contributed by atoms with van der Waals surface area (Å²) in [4.78, 5) is 73.0. The minimum absolute atomic E-state index is 0.0282. The van der Waals surface area contributed by atoms with E-state index in [1.165, 1.54) is 70.6 Å². The van der Waals surface area contributed by atoms with Crippen LogP contribution in [0.5, 0.6) is 0 Å². The third-order valence-electron chi connectivity index (χ3n) is 16.1. The molecule has 0 aromatic rings. The van der Waals surface area contributed by atoms with E-state index in [0.29, 0.717) is 44.9 Å². The van der Waals surface area contributed by atoms with Gasteiger partial charge in [0.1, 0.15) is 19.3 Å². The molecule has 0 radical (unpaired) electrons. The van der Waals surface area contributed by atoms with Crippen LogP contribution >= 0.6 is 15.6 Å². The lowest BCUT2D eigenvalue weighted by Crippen LogP contribution is -2.30. The number of ether oxygens (including phenoxy) is 4. The Balaban J connectivity index is 5.56. The van der Waals surface area contributed by atoms with Gasteiger partial charge in [-0.25, -0.2) is 9.13 Å². The standard InChI is InChI=1S/C89H142O17P2/c1-5-9-13-17-21-25-29-33-36-39-41-44-47-51-54-58-62-66-70-74-87(92)99-79-84(105-88(93)75-71-67-63-59-55-49-32-28-24-20-16-12-8-4)81-103-107(95,96)101-77-83(90)78-102-108(97,98)104-82-85(80-100-86(91)73-69-65-61-57-53-50-46-43-38-35-31-27-23-19-15-11-7-3)106-89(94)76-72-68-64-60-56-52-48-45-42-40-37-34-30-26-22-18-14-10-6-2/h9-10,13-14,21-23,25-27,33-38,41-42,44-46,50-52,54,56-57,61-62,64,66,68,83-85,90H,5-8,11-12,15-20,24,28-32,39-40,43,47-49,53,55,58-60,63,65,67,69-82H2,1-4H3,(H,95,96)(H,97,98)/b13-9-,14-10-,25-21-,26-22-,27-23-,36-33-,37-34-,38-35-,44-41-,45-42-,50-46-,54-51-,56-52-,61-57-,66-62-,68-64-/t83-,84-,85-/m1/s1. The van der Waals surface area contributed by atoms with E-state index in [-0.39, 0.29) is 25.7 Å². The molecule has 0 heterocycles. The van der Waals surface area contributed by atoms with Crippen molar-refractivity contribution in [2.75, 3.05) is 39.6 Å². The topological polar surface area (TPSA) is 237 Å². The molecule has 0 aliphatic rings. The maximum atomic E-state index is 13.1. The summed E-state index contributed by atoms with van der Waals surface area (Å²) in [7, 11) is -10.0. The number of carbonyl (C=O) groups excluding carboxylic acids is 4. The first kappa shape index (κ1) is 102. The van der Waals surface area contributed by atoms with Crippen LogP contribution in [0, 0.1) is 0 Å². The number of carbonyl (C=O) groups is 4. The van der Waals surface area contributed by atoms with Gasteiger partial charge in [0.05, 0.1) is 26.4 Å². The van der Waals surface area contributed by atoms with Gasteiger partial charge in [-0.15, -0.1) is 0 Å².